The van der Waals surface area contributed by atoms with Gasteiger partial charge in [0, 0.05) is 6.08 Å². The van der Waals surface area contributed by atoms with Crippen molar-refractivity contribution in [3.05, 3.63) is 41.7 Å². The van der Waals surface area contributed by atoms with E-state index in [4.69, 9.17) is 9.84 Å². The van der Waals surface area contributed by atoms with E-state index in [9.17, 15) is 9.18 Å². The maximum atomic E-state index is 13.6. The zero-order valence-corrected chi connectivity index (χ0v) is 10.3. The number of carboxylic acid groups (broad SMARTS) is 1. The molecule has 18 heavy (non-hydrogen) atoms. The van der Waals surface area contributed by atoms with Crippen LogP contribution < -0.4 is 10.1 Å². The fourth-order valence-corrected chi connectivity index (χ4v) is 1.54. The zero-order chi connectivity index (χ0) is 13.5. The topological polar surface area (TPSA) is 58.6 Å². The highest BCUT2D eigenvalue weighted by molar-refractivity contribution is 5.79. The summed E-state index contributed by atoms with van der Waals surface area (Å²) in [4.78, 5) is 10.4. The van der Waals surface area contributed by atoms with Gasteiger partial charge in [0.25, 0.3) is 0 Å². The number of carboxylic acids is 1. The quantitative estimate of drug-likeness (QED) is 0.762. The average Bonchev–Trinajstić information content (AvgIpc) is 2.33. The molecule has 0 heterocycles. The predicted octanol–water partition coefficient (Wildman–Crippen LogP) is 2.13. The summed E-state index contributed by atoms with van der Waals surface area (Å²) in [5, 5.41) is 11.5. The molecule has 98 valence electrons. The molecule has 1 aromatic rings. The van der Waals surface area contributed by atoms with Crippen molar-refractivity contribution < 1.29 is 19.0 Å². The molecule has 1 rings (SSSR count). The summed E-state index contributed by atoms with van der Waals surface area (Å²) in [6.45, 7) is 2.17. The summed E-state index contributed by atoms with van der Waals surface area (Å²) >= 11 is 0. The SMILES string of the molecule is CCOc1ccc(C(/C=C/C(=O)O)NC)cc1F. The minimum Gasteiger partial charge on any atom is -0.491 e. The van der Waals surface area contributed by atoms with Crippen LogP contribution in [0.15, 0.2) is 30.4 Å². The molecule has 0 aliphatic heterocycles. The van der Waals surface area contributed by atoms with Crippen LogP contribution in [0.3, 0.4) is 0 Å². The second-order valence-electron chi connectivity index (χ2n) is 3.59. The van der Waals surface area contributed by atoms with Crippen molar-refractivity contribution in [1.82, 2.24) is 5.32 Å². The van der Waals surface area contributed by atoms with Gasteiger partial charge in [0.15, 0.2) is 11.6 Å². The molecule has 5 heteroatoms. The van der Waals surface area contributed by atoms with Gasteiger partial charge in [-0.3, -0.25) is 0 Å². The zero-order valence-electron chi connectivity index (χ0n) is 10.3. The molecule has 0 aliphatic carbocycles. The minimum atomic E-state index is -1.04. The standard InChI is InChI=1S/C13H16FNO3/c1-3-18-12-6-4-9(8-10(12)14)11(15-2)5-7-13(16)17/h4-8,11,15H,3H2,1-2H3,(H,16,17)/b7-5+. The molecular formula is C13H16FNO3. The largest absolute Gasteiger partial charge is 0.491 e. The smallest absolute Gasteiger partial charge is 0.328 e. The first-order valence-electron chi connectivity index (χ1n) is 5.59. The van der Waals surface area contributed by atoms with Crippen LogP contribution in [0.4, 0.5) is 4.39 Å². The highest BCUT2D eigenvalue weighted by Crippen LogP contribution is 2.22. The third-order valence-electron chi connectivity index (χ3n) is 2.36. The molecule has 1 unspecified atom stereocenters. The molecule has 0 aliphatic rings. The molecular weight excluding hydrogens is 237 g/mol. The number of halogens is 1. The van der Waals surface area contributed by atoms with Gasteiger partial charge in [-0.05, 0) is 31.7 Å². The number of rotatable bonds is 6. The lowest BCUT2D eigenvalue weighted by Gasteiger charge is -2.13. The fourth-order valence-electron chi connectivity index (χ4n) is 1.54. The summed E-state index contributed by atoms with van der Waals surface area (Å²) < 4.78 is 18.7. The predicted molar refractivity (Wildman–Crippen MR) is 66.1 cm³/mol. The number of likely N-dealkylation sites (N-methyl/N-ethyl adjacent to an activating group) is 1. The summed E-state index contributed by atoms with van der Waals surface area (Å²) in [7, 11) is 1.67. The number of ether oxygens (including phenoxy) is 1. The van der Waals surface area contributed by atoms with Crippen LogP contribution >= 0.6 is 0 Å². The third-order valence-corrected chi connectivity index (χ3v) is 2.36. The molecule has 1 aromatic carbocycles. The first-order chi connectivity index (χ1) is 8.58. The maximum Gasteiger partial charge on any atom is 0.328 e. The van der Waals surface area contributed by atoms with Gasteiger partial charge >= 0.3 is 5.97 Å². The lowest BCUT2D eigenvalue weighted by atomic mass is 10.1. The van der Waals surface area contributed by atoms with Gasteiger partial charge in [-0.2, -0.15) is 0 Å². The average molecular weight is 253 g/mol. The number of carbonyl (C=O) groups is 1. The van der Waals surface area contributed by atoms with Crippen LogP contribution in [0.5, 0.6) is 5.75 Å². The van der Waals surface area contributed by atoms with Gasteiger partial charge in [-0.15, -0.1) is 0 Å². The van der Waals surface area contributed by atoms with E-state index in [1.165, 1.54) is 18.2 Å². The van der Waals surface area contributed by atoms with E-state index in [1.807, 2.05) is 0 Å². The van der Waals surface area contributed by atoms with E-state index in [0.29, 0.717) is 12.2 Å². The Morgan fingerprint density at radius 1 is 1.61 bits per heavy atom. The van der Waals surface area contributed by atoms with E-state index in [0.717, 1.165) is 6.08 Å². The Kier molecular flexibility index (Phi) is 5.32. The number of benzene rings is 1. The molecule has 0 saturated heterocycles. The molecule has 0 bridgehead atoms. The summed E-state index contributed by atoms with van der Waals surface area (Å²) in [5.74, 6) is -1.31. The van der Waals surface area contributed by atoms with Crippen molar-refractivity contribution in [2.45, 2.75) is 13.0 Å². The second-order valence-corrected chi connectivity index (χ2v) is 3.59. The van der Waals surface area contributed by atoms with Crippen LogP contribution in [0.2, 0.25) is 0 Å². The van der Waals surface area contributed by atoms with Crippen molar-refractivity contribution in [3.63, 3.8) is 0 Å². The molecule has 2 N–H and O–H groups in total. The Bertz CT molecular complexity index is 446. The molecule has 4 nitrogen and oxygen atoms in total. The summed E-state index contributed by atoms with van der Waals surface area (Å²) in [6, 6.07) is 4.21. The lowest BCUT2D eigenvalue weighted by Crippen LogP contribution is -2.14. The highest BCUT2D eigenvalue weighted by Gasteiger charge is 2.10. The van der Waals surface area contributed by atoms with E-state index in [2.05, 4.69) is 5.32 Å². The Morgan fingerprint density at radius 3 is 2.83 bits per heavy atom. The van der Waals surface area contributed by atoms with Gasteiger partial charge in [0.1, 0.15) is 0 Å². The van der Waals surface area contributed by atoms with Crippen molar-refractivity contribution in [2.75, 3.05) is 13.7 Å². The Morgan fingerprint density at radius 2 is 2.33 bits per heavy atom. The van der Waals surface area contributed by atoms with Crippen molar-refractivity contribution in [3.8, 4) is 5.75 Å². The number of hydrogen-bond donors (Lipinski definition) is 2. The molecule has 0 radical (unpaired) electrons. The van der Waals surface area contributed by atoms with Gasteiger partial charge in [-0.25, -0.2) is 9.18 Å². The molecule has 1 atom stereocenters. The normalized spacial score (nSPS) is 12.6. The van der Waals surface area contributed by atoms with Crippen LogP contribution in [0.1, 0.15) is 18.5 Å². The van der Waals surface area contributed by atoms with Crippen molar-refractivity contribution >= 4 is 5.97 Å². The van der Waals surface area contributed by atoms with Gasteiger partial charge in [-0.1, -0.05) is 12.1 Å². The van der Waals surface area contributed by atoms with Gasteiger partial charge in [0.2, 0.25) is 0 Å². The maximum absolute atomic E-state index is 13.6. The molecule has 0 spiro atoms. The van der Waals surface area contributed by atoms with E-state index in [1.54, 1.807) is 20.0 Å². The van der Waals surface area contributed by atoms with Crippen LogP contribution in [-0.4, -0.2) is 24.7 Å². The molecule has 0 amide bonds. The van der Waals surface area contributed by atoms with Gasteiger partial charge < -0.3 is 15.2 Å². The number of nitrogens with one attached hydrogen (secondary N) is 1. The highest BCUT2D eigenvalue weighted by atomic mass is 19.1. The minimum absolute atomic E-state index is 0.193. The molecule has 0 saturated carbocycles. The Hall–Kier alpha value is -1.88. The van der Waals surface area contributed by atoms with E-state index < -0.39 is 11.8 Å². The van der Waals surface area contributed by atoms with Crippen LogP contribution in [-0.2, 0) is 4.79 Å². The van der Waals surface area contributed by atoms with Gasteiger partial charge in [0.05, 0.1) is 12.6 Å². The first kappa shape index (κ1) is 14.2. The Balaban J connectivity index is 2.93. The number of aliphatic carboxylic acids is 1. The van der Waals surface area contributed by atoms with Crippen molar-refractivity contribution in [1.29, 1.82) is 0 Å². The van der Waals surface area contributed by atoms with E-state index >= 15 is 0 Å². The van der Waals surface area contributed by atoms with E-state index in [-0.39, 0.29) is 11.8 Å². The van der Waals surface area contributed by atoms with Crippen LogP contribution in [0, 0.1) is 5.82 Å². The molecule has 0 aromatic heterocycles. The monoisotopic (exact) mass is 253 g/mol. The van der Waals surface area contributed by atoms with Crippen LogP contribution in [0.25, 0.3) is 0 Å². The number of hydrogen-bond acceptors (Lipinski definition) is 3. The molecule has 0 fully saturated rings. The van der Waals surface area contributed by atoms with Crippen molar-refractivity contribution in [2.24, 2.45) is 0 Å². The third kappa shape index (κ3) is 3.85. The fraction of sp³-hybridized carbons (Fsp3) is 0.308. The summed E-state index contributed by atoms with van der Waals surface area (Å²) in [5.41, 5.74) is 0.635. The lowest BCUT2D eigenvalue weighted by molar-refractivity contribution is -0.131. The Labute approximate surface area is 105 Å². The second kappa shape index (κ2) is 6.76. The summed E-state index contributed by atoms with van der Waals surface area (Å²) in [6.07, 6.45) is 2.48. The first-order valence-corrected chi connectivity index (χ1v) is 5.59.